The minimum atomic E-state index is 0.320. The van der Waals surface area contributed by atoms with Gasteiger partial charge in [-0.15, -0.1) is 0 Å². The van der Waals surface area contributed by atoms with Crippen molar-refractivity contribution in [2.45, 2.75) is 35.5 Å². The van der Waals surface area contributed by atoms with Crippen LogP contribution in [0.25, 0.3) is 5.65 Å². The summed E-state index contributed by atoms with van der Waals surface area (Å²) in [6.07, 6.45) is 13.3. The molecule has 158 valence electrons. The Bertz CT molecular complexity index is 1290. The molecule has 32 heavy (non-hydrogen) atoms. The Morgan fingerprint density at radius 2 is 1.84 bits per heavy atom. The Kier molecular flexibility index (Phi) is 4.88. The smallest absolute Gasteiger partial charge is 0.210 e. The number of imidazole rings is 1. The van der Waals surface area contributed by atoms with E-state index in [4.69, 9.17) is 24.4 Å². The van der Waals surface area contributed by atoms with Crippen molar-refractivity contribution in [3.05, 3.63) is 65.5 Å². The molecule has 9 heteroatoms. The summed E-state index contributed by atoms with van der Waals surface area (Å²) in [6.45, 7) is 1.88. The highest BCUT2D eigenvalue weighted by molar-refractivity contribution is 7.99. The number of anilines is 1. The SMILES string of the molecule is [B]c1cnc2c(Sc3ccncc3Cl)cnc(N3CCC4(CC3)Cc3cccnc3C4)n12. The summed E-state index contributed by atoms with van der Waals surface area (Å²) in [5.74, 6) is 0.851. The van der Waals surface area contributed by atoms with Crippen LogP contribution in [0.2, 0.25) is 5.02 Å². The maximum Gasteiger partial charge on any atom is 0.210 e. The molecule has 6 rings (SSSR count). The lowest BCUT2D eigenvalue weighted by atomic mass is 9.76. The summed E-state index contributed by atoms with van der Waals surface area (Å²) in [4.78, 5) is 22.2. The summed E-state index contributed by atoms with van der Waals surface area (Å²) in [6, 6.07) is 6.17. The van der Waals surface area contributed by atoms with Gasteiger partial charge >= 0.3 is 0 Å². The van der Waals surface area contributed by atoms with E-state index in [0.717, 1.165) is 60.2 Å². The molecule has 4 aromatic heterocycles. The predicted molar refractivity (Wildman–Crippen MR) is 127 cm³/mol. The molecule has 2 aliphatic rings. The standard InChI is InChI=1S/C23H20BClN6S/c24-20-14-28-21-19(32-18-3-7-26-12-16(18)25)13-29-22(31(20)21)30-8-4-23(5-9-30)10-15-2-1-6-27-17(15)11-23/h1-3,6-7,12-14H,4-5,8-11H2. The van der Waals surface area contributed by atoms with Crippen LogP contribution in [0, 0.1) is 5.41 Å². The lowest BCUT2D eigenvalue weighted by Gasteiger charge is -2.40. The third kappa shape index (κ3) is 3.37. The van der Waals surface area contributed by atoms with Crippen LogP contribution in [0.1, 0.15) is 24.1 Å². The van der Waals surface area contributed by atoms with Crippen molar-refractivity contribution < 1.29 is 0 Å². The molecular formula is C23H20BClN6S. The van der Waals surface area contributed by atoms with Crippen molar-refractivity contribution in [1.82, 2.24) is 24.3 Å². The van der Waals surface area contributed by atoms with E-state index in [1.165, 1.54) is 23.0 Å². The Balaban J connectivity index is 1.27. The van der Waals surface area contributed by atoms with Crippen LogP contribution in [0.3, 0.4) is 0 Å². The van der Waals surface area contributed by atoms with Gasteiger partial charge in [-0.05, 0) is 54.4 Å². The van der Waals surface area contributed by atoms with Gasteiger partial charge < -0.3 is 4.90 Å². The number of fused-ring (bicyclic) bond motifs is 2. The Labute approximate surface area is 196 Å². The molecule has 1 aliphatic heterocycles. The number of nitrogens with zero attached hydrogens (tertiary/aromatic N) is 6. The number of hydrogen-bond donors (Lipinski definition) is 0. The Hall–Kier alpha value is -2.58. The number of aromatic nitrogens is 5. The molecule has 0 saturated carbocycles. The quantitative estimate of drug-likeness (QED) is 0.438. The number of hydrogen-bond acceptors (Lipinski definition) is 6. The minimum Gasteiger partial charge on any atom is -0.342 e. The zero-order chi connectivity index (χ0) is 21.7. The number of piperidine rings is 1. The second kappa shape index (κ2) is 7.78. The molecule has 0 atom stereocenters. The highest BCUT2D eigenvalue weighted by Crippen LogP contribution is 2.44. The van der Waals surface area contributed by atoms with Crippen LogP contribution < -0.4 is 10.5 Å². The summed E-state index contributed by atoms with van der Waals surface area (Å²) in [5, 5.41) is 0.604. The van der Waals surface area contributed by atoms with E-state index in [1.807, 2.05) is 28.9 Å². The van der Waals surface area contributed by atoms with Gasteiger partial charge in [-0.1, -0.05) is 29.4 Å². The Morgan fingerprint density at radius 1 is 0.969 bits per heavy atom. The van der Waals surface area contributed by atoms with E-state index < -0.39 is 0 Å². The fraction of sp³-hybridized carbons (Fsp3) is 0.304. The van der Waals surface area contributed by atoms with Crippen LogP contribution in [0.5, 0.6) is 0 Å². The maximum absolute atomic E-state index is 6.33. The van der Waals surface area contributed by atoms with Crippen LogP contribution in [-0.4, -0.2) is 45.3 Å². The van der Waals surface area contributed by atoms with E-state index in [2.05, 4.69) is 25.9 Å². The first-order valence-corrected chi connectivity index (χ1v) is 11.9. The van der Waals surface area contributed by atoms with E-state index >= 15 is 0 Å². The molecule has 1 aliphatic carbocycles. The van der Waals surface area contributed by atoms with Crippen LogP contribution in [0.15, 0.2) is 59.0 Å². The molecular weight excluding hydrogens is 439 g/mol. The molecule has 0 unspecified atom stereocenters. The molecule has 1 saturated heterocycles. The molecule has 2 radical (unpaired) electrons. The van der Waals surface area contributed by atoms with Gasteiger partial charge in [0.2, 0.25) is 5.95 Å². The molecule has 0 amide bonds. The zero-order valence-electron chi connectivity index (χ0n) is 17.4. The van der Waals surface area contributed by atoms with E-state index in [0.29, 0.717) is 16.0 Å². The number of pyridine rings is 2. The molecule has 0 N–H and O–H groups in total. The molecule has 1 spiro atoms. The van der Waals surface area contributed by atoms with Gasteiger partial charge in [0.25, 0.3) is 0 Å². The van der Waals surface area contributed by atoms with Crippen molar-refractivity contribution in [1.29, 1.82) is 0 Å². The van der Waals surface area contributed by atoms with E-state index in [-0.39, 0.29) is 0 Å². The highest BCUT2D eigenvalue weighted by Gasteiger charge is 2.41. The van der Waals surface area contributed by atoms with Crippen molar-refractivity contribution in [2.75, 3.05) is 18.0 Å². The van der Waals surface area contributed by atoms with Crippen LogP contribution in [0.4, 0.5) is 5.95 Å². The van der Waals surface area contributed by atoms with Crippen molar-refractivity contribution in [3.8, 4) is 0 Å². The fourth-order valence-corrected chi connectivity index (χ4v) is 6.08. The summed E-state index contributed by atoms with van der Waals surface area (Å²) < 4.78 is 1.96. The number of halogens is 1. The van der Waals surface area contributed by atoms with Gasteiger partial charge in [-0.25, -0.2) is 9.97 Å². The second-order valence-corrected chi connectivity index (χ2v) is 10.1. The molecule has 4 aromatic rings. The van der Waals surface area contributed by atoms with Gasteiger partial charge in [-0.2, -0.15) is 0 Å². The zero-order valence-corrected chi connectivity index (χ0v) is 19.0. The van der Waals surface area contributed by atoms with Gasteiger partial charge in [-0.3, -0.25) is 14.4 Å². The third-order valence-electron chi connectivity index (χ3n) is 6.66. The van der Waals surface area contributed by atoms with Crippen LogP contribution in [-0.2, 0) is 12.8 Å². The average molecular weight is 459 g/mol. The third-order valence-corrected chi connectivity index (χ3v) is 8.16. The first-order chi connectivity index (χ1) is 15.6. The molecule has 0 aromatic carbocycles. The first kappa shape index (κ1) is 20.1. The molecule has 0 bridgehead atoms. The topological polar surface area (TPSA) is 59.2 Å². The second-order valence-electron chi connectivity index (χ2n) is 8.62. The van der Waals surface area contributed by atoms with Crippen molar-refractivity contribution >= 4 is 48.4 Å². The average Bonchev–Trinajstić information content (AvgIpc) is 3.37. The maximum atomic E-state index is 6.33. The summed E-state index contributed by atoms with van der Waals surface area (Å²) in [5.41, 5.74) is 4.39. The van der Waals surface area contributed by atoms with Crippen molar-refractivity contribution in [3.63, 3.8) is 0 Å². The highest BCUT2D eigenvalue weighted by atomic mass is 35.5. The Morgan fingerprint density at radius 3 is 2.66 bits per heavy atom. The first-order valence-electron chi connectivity index (χ1n) is 10.7. The summed E-state index contributed by atoms with van der Waals surface area (Å²) >= 11 is 7.83. The van der Waals surface area contributed by atoms with Crippen LogP contribution >= 0.6 is 23.4 Å². The number of rotatable bonds is 3. The van der Waals surface area contributed by atoms with Gasteiger partial charge in [0.15, 0.2) is 5.65 Å². The predicted octanol–water partition coefficient (Wildman–Crippen LogP) is 3.50. The largest absolute Gasteiger partial charge is 0.342 e. The van der Waals surface area contributed by atoms with Crippen molar-refractivity contribution in [2.24, 2.45) is 5.41 Å². The fourth-order valence-electron chi connectivity index (χ4n) is 4.99. The minimum absolute atomic E-state index is 0.320. The van der Waals surface area contributed by atoms with Gasteiger partial charge in [0, 0.05) is 54.7 Å². The lowest BCUT2D eigenvalue weighted by molar-refractivity contribution is 0.230. The normalized spacial score (nSPS) is 17.2. The molecule has 1 fully saturated rings. The molecule has 6 nitrogen and oxygen atoms in total. The monoisotopic (exact) mass is 458 g/mol. The van der Waals surface area contributed by atoms with Gasteiger partial charge in [0.1, 0.15) is 7.85 Å². The lowest BCUT2D eigenvalue weighted by Crippen LogP contribution is -2.42. The molecule has 5 heterocycles. The van der Waals surface area contributed by atoms with Gasteiger partial charge in [0.05, 0.1) is 9.92 Å². The summed E-state index contributed by atoms with van der Waals surface area (Å²) in [7, 11) is 6.33. The van der Waals surface area contributed by atoms with E-state index in [9.17, 15) is 0 Å². The van der Waals surface area contributed by atoms with E-state index in [1.54, 1.807) is 18.6 Å².